The summed E-state index contributed by atoms with van der Waals surface area (Å²) in [6.07, 6.45) is 2.14. The van der Waals surface area contributed by atoms with Crippen LogP contribution in [0.5, 0.6) is 0 Å². The lowest BCUT2D eigenvalue weighted by atomic mass is 10.0. The van der Waals surface area contributed by atoms with Gasteiger partial charge in [-0.3, -0.25) is 0 Å². The first-order valence-corrected chi connectivity index (χ1v) is 12.2. The number of aliphatic hydroxyl groups is 1. The van der Waals surface area contributed by atoms with Gasteiger partial charge in [-0.2, -0.15) is 0 Å². The minimum atomic E-state index is -1.73. The highest BCUT2D eigenvalue weighted by molar-refractivity contribution is 7.99. The summed E-state index contributed by atoms with van der Waals surface area (Å²) in [4.78, 5) is 1.23. The molecule has 23 heavy (non-hydrogen) atoms. The smallest absolute Gasteiger partial charge is 0.191 e. The van der Waals surface area contributed by atoms with Crippen molar-refractivity contribution in [2.24, 2.45) is 5.92 Å². The van der Waals surface area contributed by atoms with Crippen molar-refractivity contribution in [3.05, 3.63) is 43.0 Å². The van der Waals surface area contributed by atoms with E-state index in [0.717, 1.165) is 5.75 Å². The van der Waals surface area contributed by atoms with Crippen molar-refractivity contribution >= 4 is 20.1 Å². The number of hydrogen-bond acceptors (Lipinski definition) is 3. The predicted molar refractivity (Wildman–Crippen MR) is 105 cm³/mol. The molecule has 1 aromatic carbocycles. The molecule has 130 valence electrons. The van der Waals surface area contributed by atoms with E-state index in [2.05, 4.69) is 52.6 Å². The molecule has 1 aromatic rings. The van der Waals surface area contributed by atoms with Crippen LogP contribution in [0, 0.1) is 5.92 Å². The zero-order valence-corrected chi connectivity index (χ0v) is 17.0. The summed E-state index contributed by atoms with van der Waals surface area (Å²) in [6.45, 7) is 15.7. The summed E-state index contributed by atoms with van der Waals surface area (Å²) in [5.74, 6) is 0.928. The van der Waals surface area contributed by atoms with Gasteiger partial charge in [-0.15, -0.1) is 18.3 Å². The summed E-state index contributed by atoms with van der Waals surface area (Å²) in [5.41, 5.74) is 0. The van der Waals surface area contributed by atoms with Crippen LogP contribution in [0.25, 0.3) is 0 Å². The molecule has 1 rings (SSSR count). The Balaban J connectivity index is 2.42. The third-order valence-corrected chi connectivity index (χ3v) is 10.4. The monoisotopic (exact) mass is 352 g/mol. The fourth-order valence-electron chi connectivity index (χ4n) is 1.91. The number of rotatable bonds is 9. The molecular formula is C19H32O2SSi. The third-order valence-electron chi connectivity index (χ3n) is 4.67. The maximum Gasteiger partial charge on any atom is 0.191 e. The normalized spacial score (nSPS) is 15.2. The molecule has 0 aliphatic carbocycles. The molecule has 0 saturated heterocycles. The number of aliphatic hydroxyl groups excluding tert-OH is 1. The second-order valence-corrected chi connectivity index (χ2v) is 13.4. The van der Waals surface area contributed by atoms with E-state index in [0.29, 0.717) is 13.0 Å². The number of hydrogen-bond donors (Lipinski definition) is 1. The van der Waals surface area contributed by atoms with Crippen LogP contribution < -0.4 is 0 Å². The molecule has 0 aliphatic heterocycles. The van der Waals surface area contributed by atoms with Crippen molar-refractivity contribution in [2.45, 2.75) is 56.3 Å². The van der Waals surface area contributed by atoms with E-state index in [1.54, 1.807) is 11.8 Å². The Bertz CT molecular complexity index is 468. The van der Waals surface area contributed by atoms with Crippen LogP contribution in [0.2, 0.25) is 18.1 Å². The molecule has 1 N–H and O–H groups in total. The van der Waals surface area contributed by atoms with Gasteiger partial charge in [-0.25, -0.2) is 0 Å². The quantitative estimate of drug-likeness (QED) is 0.369. The van der Waals surface area contributed by atoms with Crippen LogP contribution in [0.4, 0.5) is 0 Å². The van der Waals surface area contributed by atoms with Gasteiger partial charge in [0.1, 0.15) is 0 Å². The maximum atomic E-state index is 10.4. The Morgan fingerprint density at radius 3 is 2.39 bits per heavy atom. The Morgan fingerprint density at radius 1 is 1.26 bits per heavy atom. The fraction of sp³-hybridized carbons (Fsp3) is 0.579. The molecule has 0 radical (unpaired) electrons. The first kappa shape index (κ1) is 20.5. The van der Waals surface area contributed by atoms with Gasteiger partial charge in [0.2, 0.25) is 0 Å². The molecule has 0 bridgehead atoms. The number of benzene rings is 1. The molecule has 4 heteroatoms. The van der Waals surface area contributed by atoms with Crippen molar-refractivity contribution in [3.63, 3.8) is 0 Å². The molecule has 0 amide bonds. The molecule has 0 unspecified atom stereocenters. The summed E-state index contributed by atoms with van der Waals surface area (Å²) in [6, 6.07) is 10.3. The van der Waals surface area contributed by atoms with Gasteiger partial charge in [-0.1, -0.05) is 45.0 Å². The molecule has 0 heterocycles. The van der Waals surface area contributed by atoms with E-state index >= 15 is 0 Å². The zero-order valence-electron chi connectivity index (χ0n) is 15.2. The third kappa shape index (κ3) is 6.84. The van der Waals surface area contributed by atoms with Crippen molar-refractivity contribution in [1.29, 1.82) is 0 Å². The topological polar surface area (TPSA) is 29.5 Å². The Morgan fingerprint density at radius 2 is 1.87 bits per heavy atom. The van der Waals surface area contributed by atoms with Crippen molar-refractivity contribution in [2.75, 3.05) is 12.4 Å². The summed E-state index contributed by atoms with van der Waals surface area (Å²) in [5, 5.41) is 10.6. The number of thioether (sulfide) groups is 1. The zero-order chi connectivity index (χ0) is 17.5. The standard InChI is InChI=1S/C19H32O2SSi/c1-7-16(15-22-17-11-9-8-10-12-17)18(20)13-14-21-23(5,6)19(2,3)4/h7-12,16,18,20H,1,13-15H2,2-6H3/t16-,18-/m0/s1. The first-order chi connectivity index (χ1) is 10.7. The Labute approximate surface area is 147 Å². The second kappa shape index (κ2) is 9.07. The van der Waals surface area contributed by atoms with E-state index < -0.39 is 14.4 Å². The summed E-state index contributed by atoms with van der Waals surface area (Å²) < 4.78 is 6.16. The highest BCUT2D eigenvalue weighted by atomic mass is 32.2. The van der Waals surface area contributed by atoms with Gasteiger partial charge in [0.25, 0.3) is 0 Å². The first-order valence-electron chi connectivity index (χ1n) is 8.30. The second-order valence-electron chi connectivity index (χ2n) is 7.49. The van der Waals surface area contributed by atoms with E-state index in [4.69, 9.17) is 4.43 Å². The maximum absolute atomic E-state index is 10.4. The average Bonchev–Trinajstić information content (AvgIpc) is 2.47. The van der Waals surface area contributed by atoms with Gasteiger partial charge in [0.05, 0.1) is 6.10 Å². The summed E-state index contributed by atoms with van der Waals surface area (Å²) in [7, 11) is -1.73. The minimum absolute atomic E-state index is 0.0863. The molecule has 0 saturated carbocycles. The fourth-order valence-corrected chi connectivity index (χ4v) is 4.06. The Kier molecular flexibility index (Phi) is 8.08. The average molecular weight is 353 g/mol. The van der Waals surface area contributed by atoms with Crippen molar-refractivity contribution in [1.82, 2.24) is 0 Å². The van der Waals surface area contributed by atoms with Crippen LogP contribution >= 0.6 is 11.8 Å². The highest BCUT2D eigenvalue weighted by Gasteiger charge is 2.37. The van der Waals surface area contributed by atoms with Crippen LogP contribution in [0.15, 0.2) is 47.9 Å². The summed E-state index contributed by atoms with van der Waals surface area (Å²) >= 11 is 1.76. The highest BCUT2D eigenvalue weighted by Crippen LogP contribution is 2.36. The van der Waals surface area contributed by atoms with Crippen LogP contribution in [-0.4, -0.2) is 31.9 Å². The van der Waals surface area contributed by atoms with Gasteiger partial charge in [0.15, 0.2) is 8.32 Å². The van der Waals surface area contributed by atoms with Gasteiger partial charge >= 0.3 is 0 Å². The SMILES string of the molecule is C=C[C@@H](CSc1ccccc1)[C@@H](O)CCO[Si](C)(C)C(C)(C)C. The van der Waals surface area contributed by atoms with Gasteiger partial charge in [0, 0.05) is 23.2 Å². The van der Waals surface area contributed by atoms with E-state index in [1.165, 1.54) is 4.90 Å². The predicted octanol–water partition coefficient (Wildman–Crippen LogP) is 5.35. The lowest BCUT2D eigenvalue weighted by molar-refractivity contribution is 0.107. The van der Waals surface area contributed by atoms with E-state index in [-0.39, 0.29) is 11.0 Å². The molecule has 2 atom stereocenters. The molecule has 0 aromatic heterocycles. The van der Waals surface area contributed by atoms with E-state index in [9.17, 15) is 5.11 Å². The van der Waals surface area contributed by atoms with Crippen molar-refractivity contribution < 1.29 is 9.53 Å². The lowest BCUT2D eigenvalue weighted by Gasteiger charge is -2.36. The van der Waals surface area contributed by atoms with Crippen LogP contribution in [0.1, 0.15) is 27.2 Å². The molecule has 0 fully saturated rings. The minimum Gasteiger partial charge on any atom is -0.417 e. The Hall–Kier alpha value is -0.553. The largest absolute Gasteiger partial charge is 0.417 e. The van der Waals surface area contributed by atoms with Gasteiger partial charge in [-0.05, 0) is 36.7 Å². The molecular weight excluding hydrogens is 320 g/mol. The van der Waals surface area contributed by atoms with Crippen LogP contribution in [0.3, 0.4) is 0 Å². The van der Waals surface area contributed by atoms with Crippen LogP contribution in [-0.2, 0) is 4.43 Å². The lowest BCUT2D eigenvalue weighted by Crippen LogP contribution is -2.41. The van der Waals surface area contributed by atoms with Crippen molar-refractivity contribution in [3.8, 4) is 0 Å². The van der Waals surface area contributed by atoms with E-state index in [1.807, 2.05) is 24.3 Å². The molecule has 0 spiro atoms. The van der Waals surface area contributed by atoms with Gasteiger partial charge < -0.3 is 9.53 Å². The molecule has 2 nitrogen and oxygen atoms in total. The molecule has 0 aliphatic rings.